The molecule has 1 aromatic heterocycles. The van der Waals surface area contributed by atoms with Gasteiger partial charge in [0.15, 0.2) is 0 Å². The summed E-state index contributed by atoms with van der Waals surface area (Å²) in [5.41, 5.74) is 3.44. The lowest BCUT2D eigenvalue weighted by Gasteiger charge is -2.36. The largest absolute Gasteiger partial charge is 0.352 e. The van der Waals surface area contributed by atoms with Gasteiger partial charge in [-0.1, -0.05) is 47.5 Å². The van der Waals surface area contributed by atoms with Gasteiger partial charge in [0.2, 0.25) is 0 Å². The van der Waals surface area contributed by atoms with Crippen LogP contribution in [-0.2, 0) is 0 Å². The molecule has 4 rings (SSSR count). The highest BCUT2D eigenvalue weighted by Gasteiger charge is 2.24. The molecule has 160 valence electrons. The van der Waals surface area contributed by atoms with Crippen molar-refractivity contribution >= 4 is 35.1 Å². The second kappa shape index (κ2) is 9.12. The smallest absolute Gasteiger partial charge is 0.319 e. The van der Waals surface area contributed by atoms with Gasteiger partial charge in [-0.2, -0.15) is 0 Å². The molecule has 1 aliphatic heterocycles. The predicted octanol–water partition coefficient (Wildman–Crippen LogP) is 4.92. The van der Waals surface area contributed by atoms with Crippen LogP contribution in [0.3, 0.4) is 0 Å². The van der Waals surface area contributed by atoms with Gasteiger partial charge in [-0.15, -0.1) is 0 Å². The standard InChI is InChI=1S/C23H23Cl2N5O/c1-28(2)23(31)30-13-11-29(12-14-30)20-15-26-21(16-3-7-18(24)8-4-16)22(27-20)17-5-9-19(25)10-6-17/h3-10,15H,11-14H2,1-2H3. The fourth-order valence-electron chi connectivity index (χ4n) is 3.57. The fourth-order valence-corrected chi connectivity index (χ4v) is 3.82. The Hall–Kier alpha value is -2.83. The maximum atomic E-state index is 12.2. The molecule has 0 atom stereocenters. The summed E-state index contributed by atoms with van der Waals surface area (Å²) in [4.78, 5) is 27.6. The van der Waals surface area contributed by atoms with E-state index in [0.29, 0.717) is 36.2 Å². The number of urea groups is 1. The van der Waals surface area contributed by atoms with Gasteiger partial charge < -0.3 is 14.7 Å². The molecule has 0 N–H and O–H groups in total. The Morgan fingerprint density at radius 1 is 0.839 bits per heavy atom. The fraction of sp³-hybridized carbons (Fsp3) is 0.261. The number of rotatable bonds is 3. The summed E-state index contributed by atoms with van der Waals surface area (Å²) in [6, 6.07) is 15.2. The first-order valence-corrected chi connectivity index (χ1v) is 10.8. The Balaban J connectivity index is 1.66. The number of carbonyl (C=O) groups is 1. The van der Waals surface area contributed by atoms with Gasteiger partial charge in [0, 0.05) is 61.4 Å². The molecule has 2 aromatic carbocycles. The van der Waals surface area contributed by atoms with Gasteiger partial charge in [0.05, 0.1) is 17.6 Å². The molecule has 6 nitrogen and oxygen atoms in total. The zero-order valence-corrected chi connectivity index (χ0v) is 18.9. The molecule has 0 spiro atoms. The number of halogens is 2. The first-order valence-electron chi connectivity index (χ1n) is 10.0. The van der Waals surface area contributed by atoms with Crippen LogP contribution < -0.4 is 4.90 Å². The third-order valence-electron chi connectivity index (χ3n) is 5.25. The number of aromatic nitrogens is 2. The van der Waals surface area contributed by atoms with E-state index >= 15 is 0 Å². The first-order chi connectivity index (χ1) is 14.9. The van der Waals surface area contributed by atoms with Crippen LogP contribution >= 0.6 is 23.2 Å². The van der Waals surface area contributed by atoms with Crippen LogP contribution in [-0.4, -0.2) is 66.1 Å². The van der Waals surface area contributed by atoms with Crippen molar-refractivity contribution in [1.82, 2.24) is 19.8 Å². The van der Waals surface area contributed by atoms with E-state index in [1.54, 1.807) is 25.2 Å². The number of hydrogen-bond donors (Lipinski definition) is 0. The molecule has 1 aliphatic rings. The number of amides is 2. The molecule has 1 fully saturated rings. The quantitative estimate of drug-likeness (QED) is 0.562. The zero-order chi connectivity index (χ0) is 22.0. The predicted molar refractivity (Wildman–Crippen MR) is 126 cm³/mol. The maximum absolute atomic E-state index is 12.2. The third-order valence-corrected chi connectivity index (χ3v) is 5.76. The Bertz CT molecular complexity index is 1060. The minimum Gasteiger partial charge on any atom is -0.352 e. The maximum Gasteiger partial charge on any atom is 0.319 e. The average Bonchev–Trinajstić information content (AvgIpc) is 2.79. The van der Waals surface area contributed by atoms with Crippen LogP contribution in [0.2, 0.25) is 10.0 Å². The van der Waals surface area contributed by atoms with Crippen molar-refractivity contribution in [2.45, 2.75) is 0 Å². The molecule has 31 heavy (non-hydrogen) atoms. The first kappa shape index (κ1) is 21.4. The topological polar surface area (TPSA) is 52.6 Å². The molecule has 0 saturated carbocycles. The molecule has 3 aromatic rings. The zero-order valence-electron chi connectivity index (χ0n) is 17.4. The van der Waals surface area contributed by atoms with E-state index in [-0.39, 0.29) is 6.03 Å². The highest BCUT2D eigenvalue weighted by Crippen LogP contribution is 2.32. The number of carbonyl (C=O) groups excluding carboxylic acids is 1. The molecule has 2 amide bonds. The lowest BCUT2D eigenvalue weighted by Crippen LogP contribution is -2.51. The molecule has 8 heteroatoms. The highest BCUT2D eigenvalue weighted by molar-refractivity contribution is 6.31. The van der Waals surface area contributed by atoms with Crippen molar-refractivity contribution in [3.05, 3.63) is 64.8 Å². The van der Waals surface area contributed by atoms with Crippen molar-refractivity contribution < 1.29 is 4.79 Å². The van der Waals surface area contributed by atoms with E-state index in [0.717, 1.165) is 28.3 Å². The number of hydrogen-bond acceptors (Lipinski definition) is 4. The Morgan fingerprint density at radius 2 is 1.35 bits per heavy atom. The molecular formula is C23H23Cl2N5O. The van der Waals surface area contributed by atoms with E-state index in [1.807, 2.05) is 53.4 Å². The summed E-state index contributed by atoms with van der Waals surface area (Å²) >= 11 is 12.2. The van der Waals surface area contributed by atoms with Gasteiger partial charge in [-0.05, 0) is 24.3 Å². The van der Waals surface area contributed by atoms with Crippen LogP contribution in [0.15, 0.2) is 54.7 Å². The minimum absolute atomic E-state index is 0.0330. The van der Waals surface area contributed by atoms with Crippen LogP contribution in [0.4, 0.5) is 10.6 Å². The van der Waals surface area contributed by atoms with E-state index < -0.39 is 0 Å². The van der Waals surface area contributed by atoms with Crippen LogP contribution in [0, 0.1) is 0 Å². The van der Waals surface area contributed by atoms with Crippen LogP contribution in [0.25, 0.3) is 22.5 Å². The highest BCUT2D eigenvalue weighted by atomic mass is 35.5. The van der Waals surface area contributed by atoms with Gasteiger partial charge >= 0.3 is 6.03 Å². The van der Waals surface area contributed by atoms with Crippen molar-refractivity contribution in [3.63, 3.8) is 0 Å². The van der Waals surface area contributed by atoms with Crippen molar-refractivity contribution in [3.8, 4) is 22.5 Å². The average molecular weight is 456 g/mol. The second-order valence-electron chi connectivity index (χ2n) is 7.59. The third kappa shape index (κ3) is 4.75. The van der Waals surface area contributed by atoms with E-state index in [2.05, 4.69) is 4.90 Å². The van der Waals surface area contributed by atoms with E-state index in [1.165, 1.54) is 0 Å². The van der Waals surface area contributed by atoms with Crippen LogP contribution in [0.5, 0.6) is 0 Å². The molecular weight excluding hydrogens is 433 g/mol. The van der Waals surface area contributed by atoms with E-state index in [9.17, 15) is 4.79 Å². The molecule has 0 radical (unpaired) electrons. The monoisotopic (exact) mass is 455 g/mol. The number of benzene rings is 2. The van der Waals surface area contributed by atoms with Gasteiger partial charge in [-0.25, -0.2) is 9.78 Å². The Labute approximate surface area is 192 Å². The second-order valence-corrected chi connectivity index (χ2v) is 8.46. The van der Waals surface area contributed by atoms with Crippen LogP contribution in [0.1, 0.15) is 0 Å². The van der Waals surface area contributed by atoms with Gasteiger partial charge in [0.1, 0.15) is 5.82 Å². The van der Waals surface area contributed by atoms with E-state index in [4.69, 9.17) is 33.2 Å². The number of piperazine rings is 1. The summed E-state index contributed by atoms with van der Waals surface area (Å²) in [6.45, 7) is 2.70. The molecule has 0 unspecified atom stereocenters. The Morgan fingerprint density at radius 3 is 1.87 bits per heavy atom. The van der Waals surface area contributed by atoms with Crippen molar-refractivity contribution in [1.29, 1.82) is 0 Å². The molecule has 0 aliphatic carbocycles. The molecule has 2 heterocycles. The lowest BCUT2D eigenvalue weighted by molar-refractivity contribution is 0.168. The molecule has 1 saturated heterocycles. The minimum atomic E-state index is 0.0330. The SMILES string of the molecule is CN(C)C(=O)N1CCN(c2cnc(-c3ccc(Cl)cc3)c(-c3ccc(Cl)cc3)n2)CC1. The number of anilines is 1. The summed E-state index contributed by atoms with van der Waals surface area (Å²) in [6.07, 6.45) is 1.80. The number of nitrogens with zero attached hydrogens (tertiary/aromatic N) is 5. The summed E-state index contributed by atoms with van der Waals surface area (Å²) in [7, 11) is 3.54. The summed E-state index contributed by atoms with van der Waals surface area (Å²) in [5, 5.41) is 1.34. The summed E-state index contributed by atoms with van der Waals surface area (Å²) < 4.78 is 0. The Kier molecular flexibility index (Phi) is 6.30. The summed E-state index contributed by atoms with van der Waals surface area (Å²) in [5.74, 6) is 0.791. The normalized spacial score (nSPS) is 13.9. The van der Waals surface area contributed by atoms with Crippen molar-refractivity contribution in [2.24, 2.45) is 0 Å². The lowest BCUT2D eigenvalue weighted by atomic mass is 10.0. The van der Waals surface area contributed by atoms with Gasteiger partial charge in [0.25, 0.3) is 0 Å². The molecule has 0 bridgehead atoms. The van der Waals surface area contributed by atoms with Crippen molar-refractivity contribution in [2.75, 3.05) is 45.2 Å². The van der Waals surface area contributed by atoms with Gasteiger partial charge in [-0.3, -0.25) is 4.98 Å².